The highest BCUT2D eigenvalue weighted by atomic mass is 32.2. The van der Waals surface area contributed by atoms with Crippen molar-refractivity contribution in [2.75, 3.05) is 7.11 Å². The predicted molar refractivity (Wildman–Crippen MR) is 93.9 cm³/mol. The lowest BCUT2D eigenvalue weighted by Gasteiger charge is -2.08. The number of Topliss-reactive ketones (excluding diaryl/α,β-unsaturated/α-hetero) is 1. The van der Waals surface area contributed by atoms with E-state index in [1.54, 1.807) is 36.4 Å². The molecule has 0 heterocycles. The van der Waals surface area contributed by atoms with Crippen LogP contribution in [-0.2, 0) is 26.8 Å². The lowest BCUT2D eigenvalue weighted by atomic mass is 10.0. The van der Waals surface area contributed by atoms with Crippen LogP contribution in [0.2, 0.25) is 0 Å². The first-order chi connectivity index (χ1) is 11.3. The lowest BCUT2D eigenvalue weighted by molar-refractivity contribution is -0.121. The van der Waals surface area contributed by atoms with Gasteiger partial charge in [-0.05, 0) is 35.4 Å². The van der Waals surface area contributed by atoms with E-state index in [1.807, 2.05) is 26.0 Å². The number of rotatable bonds is 7. The summed E-state index contributed by atoms with van der Waals surface area (Å²) in [5, 5.41) is 0. The summed E-state index contributed by atoms with van der Waals surface area (Å²) in [6.45, 7) is 3.75. The van der Waals surface area contributed by atoms with Gasteiger partial charge in [0, 0.05) is 12.3 Å². The SMILES string of the molecule is COc1ccc(S(=O)(=O)Cc2ccc(CC(=O)C(C)C)cc2)cc1. The molecule has 0 radical (unpaired) electrons. The molecule has 0 saturated heterocycles. The van der Waals surface area contributed by atoms with Gasteiger partial charge in [-0.1, -0.05) is 38.1 Å². The molecule has 0 bridgehead atoms. The summed E-state index contributed by atoms with van der Waals surface area (Å²) in [5.41, 5.74) is 1.60. The van der Waals surface area contributed by atoms with Crippen LogP contribution in [0.3, 0.4) is 0 Å². The molecule has 24 heavy (non-hydrogen) atoms. The molecule has 0 unspecified atom stereocenters. The molecule has 5 heteroatoms. The van der Waals surface area contributed by atoms with Crippen LogP contribution in [0.5, 0.6) is 5.75 Å². The van der Waals surface area contributed by atoms with Crippen LogP contribution in [0, 0.1) is 5.92 Å². The Bertz CT molecular complexity index is 788. The number of methoxy groups -OCH3 is 1. The van der Waals surface area contributed by atoms with Gasteiger partial charge >= 0.3 is 0 Å². The quantitative estimate of drug-likeness (QED) is 0.770. The summed E-state index contributed by atoms with van der Waals surface area (Å²) in [5.74, 6) is 0.722. The van der Waals surface area contributed by atoms with E-state index in [0.29, 0.717) is 17.7 Å². The molecule has 0 N–H and O–H groups in total. The molecule has 2 rings (SSSR count). The molecule has 2 aromatic carbocycles. The number of ether oxygens (including phenoxy) is 1. The van der Waals surface area contributed by atoms with E-state index in [2.05, 4.69) is 0 Å². The van der Waals surface area contributed by atoms with Crippen LogP contribution in [-0.4, -0.2) is 21.3 Å². The van der Waals surface area contributed by atoms with Crippen molar-refractivity contribution in [1.82, 2.24) is 0 Å². The highest BCUT2D eigenvalue weighted by Crippen LogP contribution is 2.20. The number of carbonyl (C=O) groups excluding carboxylic acids is 1. The summed E-state index contributed by atoms with van der Waals surface area (Å²) in [6, 6.07) is 13.5. The van der Waals surface area contributed by atoms with Gasteiger partial charge in [0.25, 0.3) is 0 Å². The van der Waals surface area contributed by atoms with Crippen LogP contribution in [0.25, 0.3) is 0 Å². The maximum absolute atomic E-state index is 12.5. The minimum Gasteiger partial charge on any atom is -0.497 e. The average Bonchev–Trinajstić information content (AvgIpc) is 2.56. The zero-order valence-electron chi connectivity index (χ0n) is 14.2. The number of hydrogen-bond donors (Lipinski definition) is 0. The molecule has 0 saturated carbocycles. The van der Waals surface area contributed by atoms with Gasteiger partial charge in [0.05, 0.1) is 17.8 Å². The second-order valence-electron chi connectivity index (χ2n) is 6.05. The Balaban J connectivity index is 2.10. The Labute approximate surface area is 143 Å². The van der Waals surface area contributed by atoms with Crippen LogP contribution in [0.4, 0.5) is 0 Å². The topological polar surface area (TPSA) is 60.4 Å². The van der Waals surface area contributed by atoms with Gasteiger partial charge in [-0.2, -0.15) is 0 Å². The van der Waals surface area contributed by atoms with Crippen molar-refractivity contribution in [3.8, 4) is 5.75 Å². The van der Waals surface area contributed by atoms with Gasteiger partial charge in [0.2, 0.25) is 0 Å². The number of hydrogen-bond acceptors (Lipinski definition) is 4. The van der Waals surface area contributed by atoms with Crippen LogP contribution in [0.15, 0.2) is 53.4 Å². The van der Waals surface area contributed by atoms with Gasteiger partial charge in [-0.15, -0.1) is 0 Å². The Morgan fingerprint density at radius 3 is 2.00 bits per heavy atom. The highest BCUT2D eigenvalue weighted by molar-refractivity contribution is 7.90. The first kappa shape index (κ1) is 18.2. The Hall–Kier alpha value is -2.14. The van der Waals surface area contributed by atoms with Crippen molar-refractivity contribution >= 4 is 15.6 Å². The summed E-state index contributed by atoms with van der Waals surface area (Å²) in [6.07, 6.45) is 0.378. The molecular formula is C19H22O4S. The second-order valence-corrected chi connectivity index (χ2v) is 8.04. The fraction of sp³-hybridized carbons (Fsp3) is 0.316. The third-order valence-electron chi connectivity index (χ3n) is 3.82. The Kier molecular flexibility index (Phi) is 5.78. The zero-order chi connectivity index (χ0) is 17.7. The first-order valence-electron chi connectivity index (χ1n) is 7.79. The van der Waals surface area contributed by atoms with E-state index < -0.39 is 9.84 Å². The molecule has 0 atom stereocenters. The van der Waals surface area contributed by atoms with Gasteiger partial charge < -0.3 is 4.74 Å². The van der Waals surface area contributed by atoms with E-state index in [1.165, 1.54) is 7.11 Å². The first-order valence-corrected chi connectivity index (χ1v) is 9.44. The number of carbonyl (C=O) groups is 1. The fourth-order valence-corrected chi connectivity index (χ4v) is 3.59. The fourth-order valence-electron chi connectivity index (χ4n) is 2.24. The minimum absolute atomic E-state index is 0.000117. The molecule has 0 aliphatic rings. The van der Waals surface area contributed by atoms with Gasteiger partial charge in [-0.3, -0.25) is 4.79 Å². The molecule has 0 aromatic heterocycles. The van der Waals surface area contributed by atoms with E-state index >= 15 is 0 Å². The molecule has 0 aliphatic heterocycles. The van der Waals surface area contributed by atoms with Crippen molar-refractivity contribution in [3.63, 3.8) is 0 Å². The van der Waals surface area contributed by atoms with E-state index in [4.69, 9.17) is 4.74 Å². The maximum Gasteiger partial charge on any atom is 0.182 e. The highest BCUT2D eigenvalue weighted by Gasteiger charge is 2.16. The number of ketones is 1. The van der Waals surface area contributed by atoms with E-state index in [9.17, 15) is 13.2 Å². The van der Waals surface area contributed by atoms with Gasteiger partial charge in [0.1, 0.15) is 11.5 Å². The van der Waals surface area contributed by atoms with E-state index in [-0.39, 0.29) is 22.3 Å². The smallest absolute Gasteiger partial charge is 0.182 e. The third kappa shape index (κ3) is 4.68. The predicted octanol–water partition coefficient (Wildman–Crippen LogP) is 3.44. The molecular weight excluding hydrogens is 324 g/mol. The standard InChI is InChI=1S/C19H22O4S/c1-14(2)19(20)12-15-4-6-16(7-5-15)13-24(21,22)18-10-8-17(23-3)9-11-18/h4-11,14H,12-13H2,1-3H3. The monoisotopic (exact) mass is 346 g/mol. The number of benzene rings is 2. The minimum atomic E-state index is -3.41. The van der Waals surface area contributed by atoms with Crippen molar-refractivity contribution in [2.24, 2.45) is 5.92 Å². The molecule has 2 aromatic rings. The third-order valence-corrected chi connectivity index (χ3v) is 5.52. The maximum atomic E-state index is 12.5. The normalized spacial score (nSPS) is 11.5. The molecule has 0 fully saturated rings. The van der Waals surface area contributed by atoms with Crippen LogP contribution >= 0.6 is 0 Å². The molecule has 0 amide bonds. The van der Waals surface area contributed by atoms with Crippen LogP contribution in [0.1, 0.15) is 25.0 Å². The molecule has 4 nitrogen and oxygen atoms in total. The summed E-state index contributed by atoms with van der Waals surface area (Å²) in [4.78, 5) is 12.0. The summed E-state index contributed by atoms with van der Waals surface area (Å²) < 4.78 is 30.0. The molecule has 0 aliphatic carbocycles. The number of sulfone groups is 1. The summed E-state index contributed by atoms with van der Waals surface area (Å²) in [7, 11) is -1.87. The van der Waals surface area contributed by atoms with Crippen molar-refractivity contribution in [3.05, 3.63) is 59.7 Å². The largest absolute Gasteiger partial charge is 0.497 e. The van der Waals surface area contributed by atoms with Crippen LogP contribution < -0.4 is 4.74 Å². The van der Waals surface area contributed by atoms with Crippen molar-refractivity contribution in [2.45, 2.75) is 30.9 Å². The zero-order valence-corrected chi connectivity index (χ0v) is 15.0. The lowest BCUT2D eigenvalue weighted by Crippen LogP contribution is -2.10. The molecule has 0 spiro atoms. The molecule has 128 valence electrons. The van der Waals surface area contributed by atoms with Gasteiger partial charge in [0.15, 0.2) is 9.84 Å². The van der Waals surface area contributed by atoms with Gasteiger partial charge in [-0.25, -0.2) is 8.42 Å². The Morgan fingerprint density at radius 2 is 1.50 bits per heavy atom. The summed E-state index contributed by atoms with van der Waals surface area (Å²) >= 11 is 0. The van der Waals surface area contributed by atoms with E-state index in [0.717, 1.165) is 5.56 Å². The average molecular weight is 346 g/mol. The Morgan fingerprint density at radius 1 is 0.958 bits per heavy atom. The second kappa shape index (κ2) is 7.62. The van der Waals surface area contributed by atoms with Crippen molar-refractivity contribution in [1.29, 1.82) is 0 Å². The van der Waals surface area contributed by atoms with Crippen molar-refractivity contribution < 1.29 is 17.9 Å².